The zero-order chi connectivity index (χ0) is 18.5. The van der Waals surface area contributed by atoms with Gasteiger partial charge in [-0.2, -0.15) is 0 Å². The van der Waals surface area contributed by atoms with Gasteiger partial charge in [0.25, 0.3) is 5.91 Å². The molecule has 0 radical (unpaired) electrons. The number of methoxy groups -OCH3 is 1. The molecule has 1 unspecified atom stereocenters. The lowest BCUT2D eigenvalue weighted by Crippen LogP contribution is -2.56. The summed E-state index contributed by atoms with van der Waals surface area (Å²) in [7, 11) is 3.44. The number of ether oxygens (including phenoxy) is 1. The SMILES string of the molecule is CCC(C(=O)Nc1c(C)cc(C)cc1C(=O)OC)[N+](C)(CC)CC. The lowest BCUT2D eigenvalue weighted by atomic mass is 10.0. The van der Waals surface area contributed by atoms with Gasteiger partial charge in [-0.3, -0.25) is 4.79 Å². The molecule has 0 spiro atoms. The Bertz CT molecular complexity index is 607. The molecule has 0 bridgehead atoms. The molecule has 0 heterocycles. The summed E-state index contributed by atoms with van der Waals surface area (Å²) in [6.07, 6.45) is 0.739. The van der Waals surface area contributed by atoms with Crippen molar-refractivity contribution in [2.75, 3.05) is 32.6 Å². The number of benzene rings is 1. The molecule has 0 saturated carbocycles. The minimum atomic E-state index is -0.437. The normalized spacial score (nSPS) is 12.6. The average Bonchev–Trinajstić information content (AvgIpc) is 2.56. The number of nitrogens with zero attached hydrogens (tertiary/aromatic N) is 1. The number of carbonyl (C=O) groups is 2. The smallest absolute Gasteiger partial charge is 0.339 e. The standard InChI is InChI=1S/C19H30N2O3/c1-8-16(21(6,9-2)10-3)18(22)20-17-14(5)11-13(4)12-15(17)19(23)24-7/h11-12,16H,8-10H2,1-7H3/p+1. The molecule has 0 saturated heterocycles. The number of carbonyl (C=O) groups excluding carboxylic acids is 2. The molecule has 0 aliphatic carbocycles. The maximum Gasteiger partial charge on any atom is 0.339 e. The van der Waals surface area contributed by atoms with Crippen molar-refractivity contribution in [1.29, 1.82) is 0 Å². The third-order valence-electron chi connectivity index (χ3n) is 5.02. The van der Waals surface area contributed by atoms with Gasteiger partial charge in [-0.05, 0) is 44.9 Å². The fourth-order valence-electron chi connectivity index (χ4n) is 3.18. The lowest BCUT2D eigenvalue weighted by molar-refractivity contribution is -0.921. The second kappa shape index (κ2) is 8.29. The predicted octanol–water partition coefficient (Wildman–Crippen LogP) is 3.29. The van der Waals surface area contributed by atoms with E-state index >= 15 is 0 Å². The van der Waals surface area contributed by atoms with Crippen LogP contribution >= 0.6 is 0 Å². The van der Waals surface area contributed by atoms with E-state index in [-0.39, 0.29) is 11.9 Å². The summed E-state index contributed by atoms with van der Waals surface area (Å²) in [5.41, 5.74) is 2.77. The van der Waals surface area contributed by atoms with Gasteiger partial charge in [0.1, 0.15) is 0 Å². The molecule has 1 atom stereocenters. The fraction of sp³-hybridized carbons (Fsp3) is 0.579. The molecule has 0 aliphatic rings. The van der Waals surface area contributed by atoms with Crippen LogP contribution in [0.5, 0.6) is 0 Å². The number of aryl methyl sites for hydroxylation is 2. The first kappa shape index (κ1) is 20.2. The van der Waals surface area contributed by atoms with Crippen LogP contribution in [0.1, 0.15) is 48.7 Å². The minimum absolute atomic E-state index is 0.0548. The number of amides is 1. The number of hydrogen-bond donors (Lipinski definition) is 1. The Labute approximate surface area is 145 Å². The molecule has 1 N–H and O–H groups in total. The van der Waals surface area contributed by atoms with Crippen molar-refractivity contribution < 1.29 is 18.8 Å². The monoisotopic (exact) mass is 335 g/mol. The fourth-order valence-corrected chi connectivity index (χ4v) is 3.18. The zero-order valence-electron chi connectivity index (χ0n) is 16.0. The molecule has 0 aliphatic heterocycles. The third-order valence-corrected chi connectivity index (χ3v) is 5.02. The van der Waals surface area contributed by atoms with Crippen LogP contribution < -0.4 is 5.32 Å². The second-order valence-corrected chi connectivity index (χ2v) is 6.52. The summed E-state index contributed by atoms with van der Waals surface area (Å²) in [5, 5.41) is 2.99. The number of rotatable bonds is 7. The first-order valence-corrected chi connectivity index (χ1v) is 8.58. The maximum absolute atomic E-state index is 12.9. The van der Waals surface area contributed by atoms with Crippen LogP contribution in [0.25, 0.3) is 0 Å². The van der Waals surface area contributed by atoms with Crippen molar-refractivity contribution in [3.63, 3.8) is 0 Å². The highest BCUT2D eigenvalue weighted by Crippen LogP contribution is 2.25. The van der Waals surface area contributed by atoms with Gasteiger partial charge < -0.3 is 14.5 Å². The number of quaternary nitrogens is 1. The average molecular weight is 335 g/mol. The van der Waals surface area contributed by atoms with E-state index < -0.39 is 5.97 Å². The van der Waals surface area contributed by atoms with Crippen LogP contribution in [0.4, 0.5) is 5.69 Å². The molecule has 134 valence electrons. The molecular formula is C19H31N2O3+. The van der Waals surface area contributed by atoms with E-state index in [0.29, 0.717) is 15.7 Å². The first-order valence-electron chi connectivity index (χ1n) is 8.58. The highest BCUT2D eigenvalue weighted by atomic mass is 16.5. The maximum atomic E-state index is 12.9. The van der Waals surface area contributed by atoms with Gasteiger partial charge in [0, 0.05) is 6.42 Å². The molecule has 1 amide bonds. The van der Waals surface area contributed by atoms with Crippen LogP contribution in [0.2, 0.25) is 0 Å². The lowest BCUT2D eigenvalue weighted by Gasteiger charge is -2.38. The van der Waals surface area contributed by atoms with Gasteiger partial charge in [-0.1, -0.05) is 13.0 Å². The Kier molecular flexibility index (Phi) is 6.96. The topological polar surface area (TPSA) is 55.4 Å². The molecule has 5 heteroatoms. The van der Waals surface area contributed by atoms with Gasteiger partial charge in [0.2, 0.25) is 0 Å². The largest absolute Gasteiger partial charge is 0.465 e. The molecule has 5 nitrogen and oxygen atoms in total. The van der Waals surface area contributed by atoms with Gasteiger partial charge in [-0.15, -0.1) is 0 Å². The van der Waals surface area contributed by atoms with Gasteiger partial charge in [-0.25, -0.2) is 4.79 Å². The van der Waals surface area contributed by atoms with Crippen LogP contribution in [0.3, 0.4) is 0 Å². The van der Waals surface area contributed by atoms with Crippen LogP contribution in [0, 0.1) is 13.8 Å². The van der Waals surface area contributed by atoms with E-state index in [1.165, 1.54) is 7.11 Å². The van der Waals surface area contributed by atoms with Crippen molar-refractivity contribution in [1.82, 2.24) is 0 Å². The number of esters is 1. The second-order valence-electron chi connectivity index (χ2n) is 6.52. The highest BCUT2D eigenvalue weighted by Gasteiger charge is 2.35. The summed E-state index contributed by atoms with van der Waals surface area (Å²) in [4.78, 5) is 25.0. The highest BCUT2D eigenvalue weighted by molar-refractivity contribution is 6.03. The Hall–Kier alpha value is -1.88. The van der Waals surface area contributed by atoms with Gasteiger partial charge in [0.15, 0.2) is 6.04 Å². The molecular weight excluding hydrogens is 304 g/mol. The van der Waals surface area contributed by atoms with E-state index in [4.69, 9.17) is 4.74 Å². The molecule has 0 fully saturated rings. The first-order chi connectivity index (χ1) is 11.2. The Morgan fingerprint density at radius 3 is 2.21 bits per heavy atom. The Morgan fingerprint density at radius 2 is 1.75 bits per heavy atom. The summed E-state index contributed by atoms with van der Waals surface area (Å²) in [6, 6.07) is 3.55. The number of anilines is 1. The Balaban J connectivity index is 3.24. The van der Waals surface area contributed by atoms with Crippen molar-refractivity contribution in [3.8, 4) is 0 Å². The Morgan fingerprint density at radius 1 is 1.17 bits per heavy atom. The summed E-state index contributed by atoms with van der Waals surface area (Å²) < 4.78 is 5.54. The van der Waals surface area contributed by atoms with Gasteiger partial charge in [0.05, 0.1) is 38.5 Å². The van der Waals surface area contributed by atoms with Crippen molar-refractivity contribution in [3.05, 3.63) is 28.8 Å². The number of hydrogen-bond acceptors (Lipinski definition) is 3. The predicted molar refractivity (Wildman–Crippen MR) is 97.2 cm³/mol. The van der Waals surface area contributed by atoms with Crippen LogP contribution in [-0.4, -0.2) is 49.6 Å². The molecule has 0 aromatic heterocycles. The van der Waals surface area contributed by atoms with Crippen molar-refractivity contribution in [2.24, 2.45) is 0 Å². The summed E-state index contributed by atoms with van der Waals surface area (Å²) >= 11 is 0. The molecule has 1 aromatic carbocycles. The molecule has 1 aromatic rings. The molecule has 1 rings (SSSR count). The quantitative estimate of drug-likeness (QED) is 0.614. The van der Waals surface area contributed by atoms with E-state index in [1.54, 1.807) is 6.07 Å². The van der Waals surface area contributed by atoms with E-state index in [9.17, 15) is 9.59 Å². The van der Waals surface area contributed by atoms with Crippen molar-refractivity contribution >= 4 is 17.6 Å². The van der Waals surface area contributed by atoms with E-state index in [0.717, 1.165) is 30.6 Å². The minimum Gasteiger partial charge on any atom is -0.465 e. The van der Waals surface area contributed by atoms with Crippen LogP contribution in [-0.2, 0) is 9.53 Å². The van der Waals surface area contributed by atoms with E-state index in [1.807, 2.05) is 26.8 Å². The summed E-state index contributed by atoms with van der Waals surface area (Å²) in [5.74, 6) is -0.491. The van der Waals surface area contributed by atoms with Crippen molar-refractivity contribution in [2.45, 2.75) is 47.1 Å². The number of nitrogens with one attached hydrogen (secondary N) is 1. The molecule has 24 heavy (non-hydrogen) atoms. The van der Waals surface area contributed by atoms with Gasteiger partial charge >= 0.3 is 5.97 Å². The van der Waals surface area contributed by atoms with Crippen LogP contribution in [0.15, 0.2) is 12.1 Å². The summed E-state index contributed by atoms with van der Waals surface area (Å²) in [6.45, 7) is 11.8. The zero-order valence-corrected chi connectivity index (χ0v) is 16.0. The van der Waals surface area contributed by atoms with E-state index in [2.05, 4.69) is 26.2 Å². The number of likely N-dealkylation sites (N-methyl/N-ethyl adjacent to an activating group) is 1. The third kappa shape index (κ3) is 4.15.